The molecule has 1 amide bonds. The molecule has 1 fully saturated rings. The van der Waals surface area contributed by atoms with E-state index in [-0.39, 0.29) is 12.5 Å². The zero-order valence-electron chi connectivity index (χ0n) is 14.6. The van der Waals surface area contributed by atoms with Gasteiger partial charge in [-0.05, 0) is 50.3 Å². The molecule has 1 aliphatic rings. The van der Waals surface area contributed by atoms with Crippen LogP contribution in [-0.2, 0) is 11.3 Å². The number of carbonyl (C=O) groups is 1. The van der Waals surface area contributed by atoms with Crippen LogP contribution in [0, 0.1) is 12.8 Å². The Hall–Kier alpha value is -2.27. The van der Waals surface area contributed by atoms with Crippen molar-refractivity contribution in [3.63, 3.8) is 0 Å². The zero-order chi connectivity index (χ0) is 17.5. The number of aryl methyl sites for hydroxylation is 1. The first kappa shape index (κ1) is 17.5. The molecule has 5 heteroatoms. The van der Waals surface area contributed by atoms with E-state index < -0.39 is 0 Å². The van der Waals surface area contributed by atoms with E-state index in [1.165, 1.54) is 18.2 Å². The zero-order valence-corrected chi connectivity index (χ0v) is 14.6. The SMILES string of the molecule is Cc1ccc(OCc2occc2C(=O)NCC[C@@H]2CCCOC2)cc1. The highest BCUT2D eigenvalue weighted by atomic mass is 16.5. The third kappa shape index (κ3) is 5.10. The van der Waals surface area contributed by atoms with Gasteiger partial charge >= 0.3 is 0 Å². The summed E-state index contributed by atoms with van der Waals surface area (Å²) in [5.41, 5.74) is 1.71. The van der Waals surface area contributed by atoms with E-state index in [0.717, 1.165) is 31.8 Å². The van der Waals surface area contributed by atoms with Crippen LogP contribution in [-0.4, -0.2) is 25.7 Å². The molecular weight excluding hydrogens is 318 g/mol. The Bertz CT molecular complexity index is 671. The first-order valence-corrected chi connectivity index (χ1v) is 8.84. The van der Waals surface area contributed by atoms with Gasteiger partial charge < -0.3 is 19.2 Å². The van der Waals surface area contributed by atoms with E-state index in [1.807, 2.05) is 31.2 Å². The molecular formula is C20H25NO4. The van der Waals surface area contributed by atoms with Crippen molar-refractivity contribution in [2.75, 3.05) is 19.8 Å². The van der Waals surface area contributed by atoms with Crippen molar-refractivity contribution in [3.8, 4) is 5.75 Å². The number of benzene rings is 1. The quantitative estimate of drug-likeness (QED) is 0.832. The number of amides is 1. The summed E-state index contributed by atoms with van der Waals surface area (Å²) in [5, 5.41) is 2.97. The Balaban J connectivity index is 1.48. The molecule has 5 nitrogen and oxygen atoms in total. The maximum atomic E-state index is 12.4. The molecule has 134 valence electrons. The maximum absolute atomic E-state index is 12.4. The van der Waals surface area contributed by atoms with Gasteiger partial charge in [0.1, 0.15) is 12.4 Å². The Labute approximate surface area is 148 Å². The molecule has 1 N–H and O–H groups in total. The molecule has 1 aromatic carbocycles. The van der Waals surface area contributed by atoms with Gasteiger partial charge in [0.05, 0.1) is 11.8 Å². The van der Waals surface area contributed by atoms with Crippen LogP contribution in [0.25, 0.3) is 0 Å². The number of nitrogens with one attached hydrogen (secondary N) is 1. The van der Waals surface area contributed by atoms with Crippen molar-refractivity contribution in [1.82, 2.24) is 5.32 Å². The summed E-state index contributed by atoms with van der Waals surface area (Å²) in [6, 6.07) is 9.47. The average molecular weight is 343 g/mol. The largest absolute Gasteiger partial charge is 0.486 e. The van der Waals surface area contributed by atoms with E-state index >= 15 is 0 Å². The summed E-state index contributed by atoms with van der Waals surface area (Å²) in [4.78, 5) is 12.4. The monoisotopic (exact) mass is 343 g/mol. The Kier molecular flexibility index (Phi) is 6.12. The Morgan fingerprint density at radius 1 is 1.28 bits per heavy atom. The van der Waals surface area contributed by atoms with Gasteiger partial charge in [0.25, 0.3) is 5.91 Å². The lowest BCUT2D eigenvalue weighted by Crippen LogP contribution is -2.28. The molecule has 0 spiro atoms. The van der Waals surface area contributed by atoms with Crippen molar-refractivity contribution >= 4 is 5.91 Å². The molecule has 2 aromatic rings. The van der Waals surface area contributed by atoms with Crippen LogP contribution in [0.3, 0.4) is 0 Å². The maximum Gasteiger partial charge on any atom is 0.254 e. The van der Waals surface area contributed by atoms with Crippen molar-refractivity contribution in [1.29, 1.82) is 0 Å². The molecule has 0 aliphatic carbocycles. The number of rotatable bonds is 7. The van der Waals surface area contributed by atoms with Crippen LogP contribution in [0.5, 0.6) is 5.75 Å². The van der Waals surface area contributed by atoms with Gasteiger partial charge in [-0.3, -0.25) is 4.79 Å². The molecule has 0 saturated carbocycles. The molecule has 25 heavy (non-hydrogen) atoms. The molecule has 3 rings (SSSR count). The van der Waals surface area contributed by atoms with Crippen LogP contribution in [0.4, 0.5) is 0 Å². The summed E-state index contributed by atoms with van der Waals surface area (Å²) in [6.07, 6.45) is 4.76. The van der Waals surface area contributed by atoms with Crippen LogP contribution in [0.2, 0.25) is 0 Å². The number of furan rings is 1. The average Bonchev–Trinajstić information content (AvgIpc) is 3.11. The van der Waals surface area contributed by atoms with Crippen LogP contribution < -0.4 is 10.1 Å². The number of ether oxygens (including phenoxy) is 2. The standard InChI is InChI=1S/C20H25NO4/c1-15-4-6-17(7-5-15)25-14-19-18(9-12-24-19)20(22)21-10-8-16-3-2-11-23-13-16/h4-7,9,12,16H,2-3,8,10-11,13-14H2,1H3,(H,21,22)/t16-/m0/s1. The molecule has 1 aromatic heterocycles. The molecule has 2 heterocycles. The lowest BCUT2D eigenvalue weighted by atomic mass is 9.99. The van der Waals surface area contributed by atoms with Gasteiger partial charge in [0, 0.05) is 19.8 Å². The van der Waals surface area contributed by atoms with Gasteiger partial charge in [-0.1, -0.05) is 17.7 Å². The first-order valence-electron chi connectivity index (χ1n) is 8.84. The molecule has 1 atom stereocenters. The predicted molar refractivity (Wildman–Crippen MR) is 94.7 cm³/mol. The summed E-state index contributed by atoms with van der Waals surface area (Å²) in [7, 11) is 0. The minimum absolute atomic E-state index is 0.118. The predicted octanol–water partition coefficient (Wildman–Crippen LogP) is 3.71. The van der Waals surface area contributed by atoms with Crippen LogP contribution in [0.15, 0.2) is 41.0 Å². The fourth-order valence-electron chi connectivity index (χ4n) is 2.96. The second-order valence-electron chi connectivity index (χ2n) is 6.49. The molecule has 1 aliphatic heterocycles. The van der Waals surface area contributed by atoms with Gasteiger partial charge in [-0.2, -0.15) is 0 Å². The normalized spacial score (nSPS) is 17.2. The minimum atomic E-state index is -0.118. The highest BCUT2D eigenvalue weighted by molar-refractivity contribution is 5.95. The van der Waals surface area contributed by atoms with Crippen molar-refractivity contribution in [2.24, 2.45) is 5.92 Å². The fourth-order valence-corrected chi connectivity index (χ4v) is 2.96. The number of hydrogen-bond acceptors (Lipinski definition) is 4. The third-order valence-electron chi connectivity index (χ3n) is 4.47. The van der Waals surface area contributed by atoms with Gasteiger partial charge in [-0.25, -0.2) is 0 Å². The minimum Gasteiger partial charge on any atom is -0.486 e. The smallest absolute Gasteiger partial charge is 0.254 e. The van der Waals surface area contributed by atoms with E-state index in [1.54, 1.807) is 6.07 Å². The summed E-state index contributed by atoms with van der Waals surface area (Å²) in [6.45, 7) is 4.57. The number of hydrogen-bond donors (Lipinski definition) is 1. The molecule has 0 unspecified atom stereocenters. The van der Waals surface area contributed by atoms with Crippen LogP contribution in [0.1, 0.15) is 40.9 Å². The highest BCUT2D eigenvalue weighted by Crippen LogP contribution is 2.18. The van der Waals surface area contributed by atoms with Crippen molar-refractivity contribution < 1.29 is 18.7 Å². The second-order valence-corrected chi connectivity index (χ2v) is 6.49. The van der Waals surface area contributed by atoms with Gasteiger partial charge in [0.2, 0.25) is 0 Å². The fraction of sp³-hybridized carbons (Fsp3) is 0.450. The van der Waals surface area contributed by atoms with E-state index in [2.05, 4.69) is 5.32 Å². The van der Waals surface area contributed by atoms with E-state index in [9.17, 15) is 4.79 Å². The molecule has 0 bridgehead atoms. The first-order chi connectivity index (χ1) is 12.2. The third-order valence-corrected chi connectivity index (χ3v) is 4.47. The summed E-state index contributed by atoms with van der Waals surface area (Å²) in [5.74, 6) is 1.72. The number of carbonyl (C=O) groups excluding carboxylic acids is 1. The van der Waals surface area contributed by atoms with E-state index in [4.69, 9.17) is 13.9 Å². The van der Waals surface area contributed by atoms with E-state index in [0.29, 0.717) is 23.8 Å². The summed E-state index contributed by atoms with van der Waals surface area (Å²) < 4.78 is 16.6. The van der Waals surface area contributed by atoms with Crippen LogP contribution >= 0.6 is 0 Å². The highest BCUT2D eigenvalue weighted by Gasteiger charge is 2.17. The lowest BCUT2D eigenvalue weighted by Gasteiger charge is -2.21. The lowest BCUT2D eigenvalue weighted by molar-refractivity contribution is 0.0514. The second kappa shape index (κ2) is 8.72. The molecule has 1 saturated heterocycles. The van der Waals surface area contributed by atoms with Crippen molar-refractivity contribution in [3.05, 3.63) is 53.5 Å². The summed E-state index contributed by atoms with van der Waals surface area (Å²) >= 11 is 0. The van der Waals surface area contributed by atoms with Crippen molar-refractivity contribution in [2.45, 2.75) is 32.8 Å². The topological polar surface area (TPSA) is 60.7 Å². The Morgan fingerprint density at radius 2 is 2.12 bits per heavy atom. The molecule has 0 radical (unpaired) electrons. The Morgan fingerprint density at radius 3 is 2.88 bits per heavy atom. The van der Waals surface area contributed by atoms with Gasteiger partial charge in [0.15, 0.2) is 5.76 Å². The van der Waals surface area contributed by atoms with Gasteiger partial charge in [-0.15, -0.1) is 0 Å².